The first kappa shape index (κ1) is 22.0. The number of anilines is 1. The Labute approximate surface area is 186 Å². The van der Waals surface area contributed by atoms with E-state index >= 15 is 0 Å². The Morgan fingerprint density at radius 1 is 1.13 bits per heavy atom. The van der Waals surface area contributed by atoms with Gasteiger partial charge in [-0.3, -0.25) is 9.69 Å². The first-order valence-electron chi connectivity index (χ1n) is 9.92. The van der Waals surface area contributed by atoms with Gasteiger partial charge in [-0.05, 0) is 36.1 Å². The van der Waals surface area contributed by atoms with Gasteiger partial charge in [0.1, 0.15) is 0 Å². The van der Waals surface area contributed by atoms with Crippen LogP contribution in [0, 0.1) is 0 Å². The van der Waals surface area contributed by atoms with Crippen molar-refractivity contribution in [2.75, 3.05) is 11.4 Å². The van der Waals surface area contributed by atoms with E-state index in [4.69, 9.17) is 4.98 Å². The van der Waals surface area contributed by atoms with Crippen LogP contribution in [0.5, 0.6) is 0 Å². The lowest BCUT2D eigenvalue weighted by Gasteiger charge is -2.20. The molecule has 0 fully saturated rings. The highest BCUT2D eigenvalue weighted by atomic mass is 35.5. The number of thiazole rings is 1. The Balaban J connectivity index is 0.00000256. The number of carbonyl (C=O) groups excluding carboxylic acids is 1. The van der Waals surface area contributed by atoms with Gasteiger partial charge in [0.2, 0.25) is 5.91 Å². The highest BCUT2D eigenvalue weighted by molar-refractivity contribution is 7.22. The number of aryl methyl sites for hydroxylation is 2. The summed E-state index contributed by atoms with van der Waals surface area (Å²) in [7, 11) is 0. The summed E-state index contributed by atoms with van der Waals surface area (Å²) in [5, 5.41) is 0.778. The summed E-state index contributed by atoms with van der Waals surface area (Å²) in [5.41, 5.74) is 3.26. The Hall–Kier alpha value is -2.70. The van der Waals surface area contributed by atoms with Crippen LogP contribution in [0.3, 0.4) is 0 Å². The van der Waals surface area contributed by atoms with Gasteiger partial charge in [0.15, 0.2) is 5.13 Å². The zero-order valence-electron chi connectivity index (χ0n) is 16.9. The number of nitrogens with zero attached hydrogens (tertiary/aromatic N) is 4. The van der Waals surface area contributed by atoms with Gasteiger partial charge in [-0.2, -0.15) is 0 Å². The van der Waals surface area contributed by atoms with E-state index in [-0.39, 0.29) is 18.3 Å². The average Bonchev–Trinajstić information content (AvgIpc) is 3.40. The molecule has 156 valence electrons. The Bertz CT molecular complexity index is 1080. The molecule has 0 unspecified atom stereocenters. The number of hydrogen-bond donors (Lipinski definition) is 0. The first-order valence-corrected chi connectivity index (χ1v) is 10.7. The third-order valence-electron chi connectivity index (χ3n) is 4.94. The van der Waals surface area contributed by atoms with Crippen molar-refractivity contribution in [3.05, 3.63) is 78.4 Å². The second kappa shape index (κ2) is 10.4. The van der Waals surface area contributed by atoms with Crippen molar-refractivity contribution < 1.29 is 4.79 Å². The molecule has 0 saturated carbocycles. The molecule has 30 heavy (non-hydrogen) atoms. The van der Waals surface area contributed by atoms with Crippen LogP contribution < -0.4 is 4.90 Å². The van der Waals surface area contributed by atoms with E-state index in [1.165, 1.54) is 5.56 Å². The molecule has 4 rings (SSSR count). The molecular weight excluding hydrogens is 416 g/mol. The maximum absolute atomic E-state index is 13.2. The highest BCUT2D eigenvalue weighted by Gasteiger charge is 2.20. The molecule has 0 aliphatic carbocycles. The summed E-state index contributed by atoms with van der Waals surface area (Å²) >= 11 is 1.60. The third-order valence-corrected chi connectivity index (χ3v) is 5.98. The van der Waals surface area contributed by atoms with Gasteiger partial charge >= 0.3 is 0 Å². The topological polar surface area (TPSA) is 51.0 Å². The van der Waals surface area contributed by atoms with Crippen LogP contribution in [0.25, 0.3) is 10.2 Å². The zero-order valence-corrected chi connectivity index (χ0v) is 18.5. The van der Waals surface area contributed by atoms with Gasteiger partial charge in [-0.15, -0.1) is 12.4 Å². The number of amides is 1. The molecule has 0 N–H and O–H groups in total. The van der Waals surface area contributed by atoms with Crippen LogP contribution in [0.4, 0.5) is 5.13 Å². The molecular formula is C23H25ClN4OS. The van der Waals surface area contributed by atoms with E-state index in [2.05, 4.69) is 30.1 Å². The standard InChI is InChI=1S/C23H24N4OS.ClH/c1-2-18-9-10-20-21(15-18)29-23(25-20)27(13-6-12-26-14-11-24-17-26)22(28)16-19-7-4-3-5-8-19;/h3-5,7-11,14-15,17H,2,6,12-13,16H2,1H3;1H. The van der Waals surface area contributed by atoms with Gasteiger partial charge in [0.25, 0.3) is 0 Å². The summed E-state index contributed by atoms with van der Waals surface area (Å²) in [6.07, 6.45) is 7.73. The van der Waals surface area contributed by atoms with Gasteiger partial charge in [0.05, 0.1) is 23.0 Å². The lowest BCUT2D eigenvalue weighted by molar-refractivity contribution is -0.118. The minimum Gasteiger partial charge on any atom is -0.337 e. The molecule has 0 bridgehead atoms. The predicted molar refractivity (Wildman–Crippen MR) is 126 cm³/mol. The number of halogens is 1. The Morgan fingerprint density at radius 2 is 1.97 bits per heavy atom. The van der Waals surface area contributed by atoms with Crippen LogP contribution in [-0.4, -0.2) is 27.0 Å². The molecule has 0 atom stereocenters. The van der Waals surface area contributed by atoms with Crippen molar-refractivity contribution in [3.8, 4) is 0 Å². The molecule has 0 aliphatic heterocycles. The van der Waals surface area contributed by atoms with Gasteiger partial charge in [0, 0.05) is 25.5 Å². The quantitative estimate of drug-likeness (QED) is 0.381. The fourth-order valence-electron chi connectivity index (χ4n) is 3.32. The maximum atomic E-state index is 13.2. The lowest BCUT2D eigenvalue weighted by atomic mass is 10.1. The van der Waals surface area contributed by atoms with Crippen molar-refractivity contribution >= 4 is 45.0 Å². The summed E-state index contributed by atoms with van der Waals surface area (Å²) in [6.45, 7) is 3.60. The van der Waals surface area contributed by atoms with E-state index in [1.807, 2.05) is 46.0 Å². The van der Waals surface area contributed by atoms with Crippen molar-refractivity contribution in [2.45, 2.75) is 32.7 Å². The molecule has 4 aromatic rings. The van der Waals surface area contributed by atoms with E-state index in [9.17, 15) is 4.79 Å². The highest BCUT2D eigenvalue weighted by Crippen LogP contribution is 2.30. The SMILES string of the molecule is CCc1ccc2nc(N(CCCn3ccnc3)C(=O)Cc3ccccc3)sc2c1.Cl. The Kier molecular flexibility index (Phi) is 7.60. The summed E-state index contributed by atoms with van der Waals surface area (Å²) in [6, 6.07) is 16.2. The second-order valence-electron chi connectivity index (χ2n) is 7.01. The summed E-state index contributed by atoms with van der Waals surface area (Å²) in [4.78, 5) is 23.9. The first-order chi connectivity index (χ1) is 14.2. The van der Waals surface area contributed by atoms with Crippen LogP contribution >= 0.6 is 23.7 Å². The molecule has 0 saturated heterocycles. The van der Waals surface area contributed by atoms with Gasteiger partial charge in [-0.25, -0.2) is 9.97 Å². The summed E-state index contributed by atoms with van der Waals surface area (Å²) < 4.78 is 3.16. The normalized spacial score (nSPS) is 10.7. The smallest absolute Gasteiger partial charge is 0.233 e. The van der Waals surface area contributed by atoms with Crippen molar-refractivity contribution in [3.63, 3.8) is 0 Å². The monoisotopic (exact) mass is 440 g/mol. The lowest BCUT2D eigenvalue weighted by Crippen LogP contribution is -2.33. The predicted octanol–water partition coefficient (Wildman–Crippen LogP) is 5.14. The fourth-order valence-corrected chi connectivity index (χ4v) is 4.39. The number of fused-ring (bicyclic) bond motifs is 1. The maximum Gasteiger partial charge on any atom is 0.233 e. The fraction of sp³-hybridized carbons (Fsp3) is 0.261. The minimum absolute atomic E-state index is 0. The van der Waals surface area contributed by atoms with Crippen molar-refractivity contribution in [1.29, 1.82) is 0 Å². The van der Waals surface area contributed by atoms with E-state index in [0.717, 1.165) is 40.3 Å². The Morgan fingerprint density at radius 3 is 2.70 bits per heavy atom. The van der Waals surface area contributed by atoms with E-state index in [1.54, 1.807) is 23.9 Å². The third kappa shape index (κ3) is 5.26. The molecule has 1 amide bonds. The van der Waals surface area contributed by atoms with Crippen LogP contribution in [0.15, 0.2) is 67.3 Å². The minimum atomic E-state index is 0. The largest absolute Gasteiger partial charge is 0.337 e. The van der Waals surface area contributed by atoms with Crippen molar-refractivity contribution in [1.82, 2.24) is 14.5 Å². The zero-order chi connectivity index (χ0) is 20.1. The molecule has 0 spiro atoms. The number of carbonyl (C=O) groups is 1. The number of benzene rings is 2. The number of aromatic nitrogens is 3. The average molecular weight is 441 g/mol. The molecule has 2 aromatic heterocycles. The molecule has 0 aliphatic rings. The number of imidazole rings is 1. The van der Waals surface area contributed by atoms with Crippen LogP contribution in [0.2, 0.25) is 0 Å². The number of rotatable bonds is 8. The van der Waals surface area contributed by atoms with Crippen molar-refractivity contribution in [2.24, 2.45) is 0 Å². The van der Waals surface area contributed by atoms with Crippen LogP contribution in [0.1, 0.15) is 24.5 Å². The van der Waals surface area contributed by atoms with E-state index in [0.29, 0.717) is 13.0 Å². The second-order valence-corrected chi connectivity index (χ2v) is 8.02. The van der Waals surface area contributed by atoms with Crippen LogP contribution in [-0.2, 0) is 24.2 Å². The van der Waals surface area contributed by atoms with E-state index < -0.39 is 0 Å². The molecule has 5 nitrogen and oxygen atoms in total. The molecule has 7 heteroatoms. The molecule has 2 heterocycles. The van der Waals surface area contributed by atoms with Gasteiger partial charge < -0.3 is 4.57 Å². The summed E-state index contributed by atoms with van der Waals surface area (Å²) in [5.74, 6) is 0.0802. The van der Waals surface area contributed by atoms with Gasteiger partial charge in [-0.1, -0.05) is 54.7 Å². The molecule has 0 radical (unpaired) electrons. The molecule has 2 aromatic carbocycles. The number of hydrogen-bond acceptors (Lipinski definition) is 4.